The molecule has 27 heavy (non-hydrogen) atoms. The third-order valence-corrected chi connectivity index (χ3v) is 4.60. The molecule has 136 valence electrons. The molecular weight excluding hydrogens is 341 g/mol. The molecule has 0 saturated heterocycles. The van der Waals surface area contributed by atoms with Crippen LogP contribution in [0.2, 0.25) is 0 Å². The predicted octanol–water partition coefficient (Wildman–Crippen LogP) is 5.06. The summed E-state index contributed by atoms with van der Waals surface area (Å²) in [4.78, 5) is 4.66. The van der Waals surface area contributed by atoms with Crippen LogP contribution < -0.4 is 4.74 Å². The Hall–Kier alpha value is -3.21. The van der Waals surface area contributed by atoms with Crippen LogP contribution in [0.5, 0.6) is 5.88 Å². The van der Waals surface area contributed by atoms with Crippen LogP contribution in [0, 0.1) is 26.6 Å². The number of pyridine rings is 1. The Labute approximate surface area is 157 Å². The van der Waals surface area contributed by atoms with E-state index in [1.54, 1.807) is 18.2 Å². The number of hydrogen-bond donors (Lipinski definition) is 0. The van der Waals surface area contributed by atoms with Crippen LogP contribution in [0.4, 0.5) is 4.39 Å². The molecule has 4 rings (SSSR count). The predicted molar refractivity (Wildman–Crippen MR) is 104 cm³/mol. The zero-order valence-electron chi connectivity index (χ0n) is 15.5. The number of ether oxygens (including phenoxy) is 1. The third-order valence-electron chi connectivity index (χ3n) is 4.60. The van der Waals surface area contributed by atoms with Crippen LogP contribution in [0.1, 0.15) is 22.4 Å². The quantitative estimate of drug-likeness (QED) is 0.510. The minimum atomic E-state index is -0.282. The van der Waals surface area contributed by atoms with Crippen LogP contribution in [-0.4, -0.2) is 14.8 Å². The lowest BCUT2D eigenvalue weighted by atomic mass is 10.1. The minimum Gasteiger partial charge on any atom is -0.473 e. The molecule has 4 nitrogen and oxygen atoms in total. The topological polar surface area (TPSA) is 39.9 Å². The number of rotatable bonds is 4. The number of nitrogens with zero attached hydrogens (tertiary/aromatic N) is 3. The number of halogens is 1. The highest BCUT2D eigenvalue weighted by molar-refractivity contribution is 5.83. The molecule has 0 amide bonds. The van der Waals surface area contributed by atoms with Gasteiger partial charge in [-0.2, -0.15) is 10.1 Å². The van der Waals surface area contributed by atoms with Gasteiger partial charge in [0.1, 0.15) is 12.4 Å². The van der Waals surface area contributed by atoms with E-state index in [0.29, 0.717) is 11.4 Å². The second-order valence-corrected chi connectivity index (χ2v) is 6.69. The van der Waals surface area contributed by atoms with Crippen molar-refractivity contribution in [3.05, 3.63) is 82.8 Å². The summed E-state index contributed by atoms with van der Waals surface area (Å²) in [6, 6.07) is 16.6. The summed E-state index contributed by atoms with van der Waals surface area (Å²) in [5, 5.41) is 5.67. The van der Waals surface area contributed by atoms with Crippen LogP contribution >= 0.6 is 0 Å². The average Bonchev–Trinajstić information content (AvgIpc) is 2.99. The third kappa shape index (κ3) is 3.28. The smallest absolute Gasteiger partial charge is 0.215 e. The molecule has 0 N–H and O–H groups in total. The lowest BCUT2D eigenvalue weighted by Gasteiger charge is -2.09. The Balaban J connectivity index is 1.74. The van der Waals surface area contributed by atoms with Crippen molar-refractivity contribution < 1.29 is 9.13 Å². The summed E-state index contributed by atoms with van der Waals surface area (Å²) in [5.74, 6) is 0.173. The summed E-state index contributed by atoms with van der Waals surface area (Å²) in [5.41, 5.74) is 5.30. The number of aromatic nitrogens is 3. The zero-order valence-corrected chi connectivity index (χ0v) is 15.5. The summed E-state index contributed by atoms with van der Waals surface area (Å²) in [6.45, 7) is 6.16. The molecule has 4 aromatic rings. The molecule has 2 heterocycles. The molecule has 0 fully saturated rings. The maximum Gasteiger partial charge on any atom is 0.215 e. The van der Waals surface area contributed by atoms with Crippen LogP contribution in [0.15, 0.2) is 54.6 Å². The van der Waals surface area contributed by atoms with Crippen molar-refractivity contribution in [3.63, 3.8) is 0 Å². The standard InChI is InChI=1S/C22H20FN3O/c1-14-8-10-18(11-9-14)26-22-21(16(3)25-26)15(2)12-20(24-22)27-13-17-6-4-5-7-19(17)23/h4-12H,13H2,1-3H3. The molecule has 0 atom stereocenters. The van der Waals surface area contributed by atoms with E-state index in [9.17, 15) is 4.39 Å². The van der Waals surface area contributed by atoms with Crippen LogP contribution in [0.3, 0.4) is 0 Å². The summed E-state index contributed by atoms with van der Waals surface area (Å²) < 4.78 is 21.4. The molecule has 0 aliphatic heterocycles. The number of fused-ring (bicyclic) bond motifs is 1. The summed E-state index contributed by atoms with van der Waals surface area (Å²) in [7, 11) is 0. The fourth-order valence-corrected chi connectivity index (χ4v) is 3.18. The summed E-state index contributed by atoms with van der Waals surface area (Å²) in [6.07, 6.45) is 0. The molecule has 5 heteroatoms. The second kappa shape index (κ2) is 6.83. The van der Waals surface area contributed by atoms with Gasteiger partial charge in [0.15, 0.2) is 5.65 Å². The van der Waals surface area contributed by atoms with Gasteiger partial charge in [0, 0.05) is 17.0 Å². The molecule has 2 aromatic heterocycles. The Morgan fingerprint density at radius 1 is 1.00 bits per heavy atom. The van der Waals surface area contributed by atoms with Crippen LogP contribution in [0.25, 0.3) is 16.7 Å². The van der Waals surface area contributed by atoms with Gasteiger partial charge in [-0.3, -0.25) is 0 Å². The number of benzene rings is 2. The fraction of sp³-hybridized carbons (Fsp3) is 0.182. The van der Waals surface area contributed by atoms with E-state index in [4.69, 9.17) is 4.74 Å². The van der Waals surface area contributed by atoms with Crippen molar-refractivity contribution in [3.8, 4) is 11.6 Å². The van der Waals surface area contributed by atoms with Gasteiger partial charge in [0.2, 0.25) is 5.88 Å². The average molecular weight is 361 g/mol. The van der Waals surface area contributed by atoms with Crippen molar-refractivity contribution in [2.75, 3.05) is 0 Å². The van der Waals surface area contributed by atoms with Gasteiger partial charge in [-0.05, 0) is 44.5 Å². The molecule has 0 spiro atoms. The Kier molecular flexibility index (Phi) is 4.36. The van der Waals surface area contributed by atoms with E-state index < -0.39 is 0 Å². The van der Waals surface area contributed by atoms with E-state index >= 15 is 0 Å². The molecule has 0 unspecified atom stereocenters. The van der Waals surface area contributed by atoms with Gasteiger partial charge in [0.05, 0.1) is 11.4 Å². The lowest BCUT2D eigenvalue weighted by Crippen LogP contribution is -2.02. The van der Waals surface area contributed by atoms with E-state index in [-0.39, 0.29) is 12.4 Å². The first-order valence-corrected chi connectivity index (χ1v) is 8.83. The maximum atomic E-state index is 13.8. The molecule has 2 aromatic carbocycles. The Morgan fingerprint density at radius 3 is 2.48 bits per heavy atom. The molecule has 0 saturated carbocycles. The van der Waals surface area contributed by atoms with E-state index in [0.717, 1.165) is 28.0 Å². The van der Waals surface area contributed by atoms with Crippen molar-refractivity contribution >= 4 is 11.0 Å². The van der Waals surface area contributed by atoms with Gasteiger partial charge in [0.25, 0.3) is 0 Å². The van der Waals surface area contributed by atoms with Gasteiger partial charge >= 0.3 is 0 Å². The van der Waals surface area contributed by atoms with Crippen molar-refractivity contribution in [1.82, 2.24) is 14.8 Å². The monoisotopic (exact) mass is 361 g/mol. The normalized spacial score (nSPS) is 11.1. The number of hydrogen-bond acceptors (Lipinski definition) is 3. The first kappa shape index (κ1) is 17.2. The second-order valence-electron chi connectivity index (χ2n) is 6.69. The molecule has 0 radical (unpaired) electrons. The van der Waals surface area contributed by atoms with Crippen molar-refractivity contribution in [1.29, 1.82) is 0 Å². The van der Waals surface area contributed by atoms with Gasteiger partial charge in [-0.25, -0.2) is 9.07 Å². The first-order valence-electron chi connectivity index (χ1n) is 8.83. The highest BCUT2D eigenvalue weighted by Gasteiger charge is 2.15. The van der Waals surface area contributed by atoms with E-state index in [1.165, 1.54) is 11.6 Å². The molecular formula is C22H20FN3O. The van der Waals surface area contributed by atoms with Gasteiger partial charge in [-0.15, -0.1) is 0 Å². The highest BCUT2D eigenvalue weighted by Crippen LogP contribution is 2.27. The first-order chi connectivity index (χ1) is 13.0. The highest BCUT2D eigenvalue weighted by atomic mass is 19.1. The maximum absolute atomic E-state index is 13.8. The minimum absolute atomic E-state index is 0.127. The SMILES string of the molecule is Cc1ccc(-n2nc(C)c3c(C)cc(OCc4ccccc4F)nc32)cc1. The zero-order chi connectivity index (χ0) is 19.0. The molecule has 0 bridgehead atoms. The van der Waals surface area contributed by atoms with Gasteiger partial charge in [-0.1, -0.05) is 35.9 Å². The lowest BCUT2D eigenvalue weighted by molar-refractivity contribution is 0.288. The fourth-order valence-electron chi connectivity index (χ4n) is 3.18. The van der Waals surface area contributed by atoms with Gasteiger partial charge < -0.3 is 4.74 Å². The van der Waals surface area contributed by atoms with Crippen LogP contribution in [-0.2, 0) is 6.61 Å². The van der Waals surface area contributed by atoms with E-state index in [2.05, 4.69) is 10.1 Å². The Morgan fingerprint density at radius 2 is 1.74 bits per heavy atom. The van der Waals surface area contributed by atoms with E-state index in [1.807, 2.05) is 55.8 Å². The number of aryl methyl sites for hydroxylation is 3. The molecule has 0 aliphatic rings. The molecule has 0 aliphatic carbocycles. The Bertz CT molecular complexity index is 1120. The largest absolute Gasteiger partial charge is 0.473 e. The summed E-state index contributed by atoms with van der Waals surface area (Å²) >= 11 is 0. The van der Waals surface area contributed by atoms with Crippen molar-refractivity contribution in [2.24, 2.45) is 0 Å². The van der Waals surface area contributed by atoms with Crippen molar-refractivity contribution in [2.45, 2.75) is 27.4 Å².